The molecule has 0 bridgehead atoms. The van der Waals surface area contributed by atoms with E-state index in [2.05, 4.69) is 4.90 Å². The van der Waals surface area contributed by atoms with Crippen molar-refractivity contribution >= 4 is 11.9 Å². The van der Waals surface area contributed by atoms with Crippen LogP contribution in [0.25, 0.3) is 0 Å². The Labute approximate surface area is 176 Å². The number of ether oxygens (including phenoxy) is 2. The van der Waals surface area contributed by atoms with Gasteiger partial charge in [-0.25, -0.2) is 9.18 Å². The molecule has 3 aliphatic heterocycles. The number of carboxylic acid groups (broad SMARTS) is 1. The number of hydrogen-bond donors (Lipinski definition) is 1. The quantitative estimate of drug-likeness (QED) is 0.709. The van der Waals surface area contributed by atoms with Gasteiger partial charge in [-0.15, -0.1) is 0 Å². The Bertz CT molecular complexity index is 785. The lowest BCUT2D eigenvalue weighted by Gasteiger charge is -2.36. The molecule has 3 saturated heterocycles. The number of carbonyl (C=O) groups is 2. The van der Waals surface area contributed by atoms with E-state index in [0.717, 1.165) is 44.8 Å². The summed E-state index contributed by atoms with van der Waals surface area (Å²) in [6.07, 6.45) is -3.92. The van der Waals surface area contributed by atoms with Crippen LogP contribution in [0.3, 0.4) is 0 Å². The molecule has 31 heavy (non-hydrogen) atoms. The molecule has 7 nitrogen and oxygen atoms in total. The number of amides is 1. The molecule has 1 amide bonds. The summed E-state index contributed by atoms with van der Waals surface area (Å²) in [4.78, 5) is 25.5. The van der Waals surface area contributed by atoms with E-state index >= 15 is 0 Å². The van der Waals surface area contributed by atoms with Gasteiger partial charge in [-0.1, -0.05) is 12.1 Å². The summed E-state index contributed by atoms with van der Waals surface area (Å²) in [5.41, 5.74) is 0.826. The number of alkyl halides is 3. The first-order chi connectivity index (χ1) is 14.6. The van der Waals surface area contributed by atoms with E-state index in [9.17, 15) is 22.4 Å². The minimum absolute atomic E-state index is 0.00781. The predicted molar refractivity (Wildman–Crippen MR) is 99.5 cm³/mol. The minimum atomic E-state index is -5.08. The largest absolute Gasteiger partial charge is 0.490 e. The highest BCUT2D eigenvalue weighted by Crippen LogP contribution is 2.27. The maximum Gasteiger partial charge on any atom is 0.490 e. The monoisotopic (exact) mass is 448 g/mol. The van der Waals surface area contributed by atoms with Crippen LogP contribution >= 0.6 is 0 Å². The van der Waals surface area contributed by atoms with Crippen LogP contribution in [0.4, 0.5) is 17.6 Å². The average Bonchev–Trinajstić information content (AvgIpc) is 3.34. The molecule has 11 heteroatoms. The number of carboxylic acids is 1. The van der Waals surface area contributed by atoms with Crippen molar-refractivity contribution in [2.75, 3.05) is 39.5 Å². The van der Waals surface area contributed by atoms with Crippen molar-refractivity contribution in [3.63, 3.8) is 0 Å². The van der Waals surface area contributed by atoms with Crippen LogP contribution in [0, 0.1) is 11.7 Å². The highest BCUT2D eigenvalue weighted by Gasteiger charge is 2.43. The van der Waals surface area contributed by atoms with E-state index in [-0.39, 0.29) is 30.5 Å². The fraction of sp³-hybridized carbons (Fsp3) is 0.600. The molecular weight excluding hydrogens is 424 g/mol. The van der Waals surface area contributed by atoms with Crippen molar-refractivity contribution in [1.82, 2.24) is 9.80 Å². The third kappa shape index (κ3) is 6.37. The summed E-state index contributed by atoms with van der Waals surface area (Å²) in [7, 11) is 0. The van der Waals surface area contributed by atoms with Crippen LogP contribution in [0.15, 0.2) is 24.3 Å². The molecule has 3 fully saturated rings. The van der Waals surface area contributed by atoms with Crippen molar-refractivity contribution < 1.29 is 41.7 Å². The van der Waals surface area contributed by atoms with Gasteiger partial charge in [0, 0.05) is 32.8 Å². The Morgan fingerprint density at radius 3 is 2.61 bits per heavy atom. The molecule has 1 aromatic rings. The lowest BCUT2D eigenvalue weighted by Crippen LogP contribution is -2.53. The number of aliphatic carboxylic acids is 1. The van der Waals surface area contributed by atoms with E-state index in [1.165, 1.54) is 12.1 Å². The lowest BCUT2D eigenvalue weighted by molar-refractivity contribution is -0.192. The van der Waals surface area contributed by atoms with Gasteiger partial charge in [0.05, 0.1) is 18.8 Å². The number of nitrogens with zero attached hydrogens (tertiary/aromatic N) is 2. The first-order valence-corrected chi connectivity index (χ1v) is 9.89. The Balaban J connectivity index is 0.000000339. The zero-order valence-electron chi connectivity index (χ0n) is 16.7. The third-order valence-electron chi connectivity index (χ3n) is 5.48. The van der Waals surface area contributed by atoms with Gasteiger partial charge >= 0.3 is 12.1 Å². The standard InChI is InChI=1S/C18H23FN2O3.C2HF3O2/c19-15-3-1-2-13(6-15)8-21-16-9-20(7-14-4-5-23-11-14)10-17(16)24-12-18(21)22;3-2(4,5)1(6)7/h1-3,6,14,16-17H,4-5,7-12H2;(H,6,7)/t14?,16-,17-;/m1./s1. The molecule has 1 aromatic carbocycles. The summed E-state index contributed by atoms with van der Waals surface area (Å²) in [6.45, 7) is 4.93. The Morgan fingerprint density at radius 1 is 1.26 bits per heavy atom. The summed E-state index contributed by atoms with van der Waals surface area (Å²) < 4.78 is 56.4. The first kappa shape index (κ1) is 23.4. The second-order valence-electron chi connectivity index (χ2n) is 7.82. The van der Waals surface area contributed by atoms with Crippen molar-refractivity contribution in [3.8, 4) is 0 Å². The molecule has 3 heterocycles. The Hall–Kier alpha value is -2.24. The summed E-state index contributed by atoms with van der Waals surface area (Å²) >= 11 is 0. The van der Waals surface area contributed by atoms with Gasteiger partial charge in [-0.2, -0.15) is 13.2 Å². The number of hydrogen-bond acceptors (Lipinski definition) is 5. The van der Waals surface area contributed by atoms with Gasteiger partial charge in [0.2, 0.25) is 5.91 Å². The molecule has 1 unspecified atom stereocenters. The molecule has 172 valence electrons. The molecular formula is C20H24F4N2O5. The third-order valence-corrected chi connectivity index (χ3v) is 5.48. The van der Waals surface area contributed by atoms with E-state index in [4.69, 9.17) is 19.4 Å². The number of halogens is 4. The molecule has 3 aliphatic rings. The van der Waals surface area contributed by atoms with Crippen molar-refractivity contribution in [2.24, 2.45) is 5.92 Å². The number of carbonyl (C=O) groups excluding carboxylic acids is 1. The molecule has 1 N–H and O–H groups in total. The maximum atomic E-state index is 13.4. The zero-order valence-corrected chi connectivity index (χ0v) is 16.7. The molecule has 0 saturated carbocycles. The summed E-state index contributed by atoms with van der Waals surface area (Å²) in [5.74, 6) is -2.45. The molecule has 0 radical (unpaired) electrons. The van der Waals surface area contributed by atoms with Gasteiger partial charge in [0.1, 0.15) is 12.4 Å². The van der Waals surface area contributed by atoms with Gasteiger partial charge in [0.25, 0.3) is 0 Å². The second-order valence-corrected chi connectivity index (χ2v) is 7.82. The van der Waals surface area contributed by atoms with Crippen molar-refractivity contribution in [2.45, 2.75) is 31.3 Å². The highest BCUT2D eigenvalue weighted by atomic mass is 19.4. The van der Waals surface area contributed by atoms with E-state index in [1.54, 1.807) is 6.07 Å². The minimum Gasteiger partial charge on any atom is -0.475 e. The number of benzene rings is 1. The number of fused-ring (bicyclic) bond motifs is 1. The molecule has 3 atom stereocenters. The number of likely N-dealkylation sites (tertiary alicyclic amines) is 1. The summed E-state index contributed by atoms with van der Waals surface area (Å²) in [5, 5.41) is 7.12. The van der Waals surface area contributed by atoms with Gasteiger partial charge in [-0.05, 0) is 30.0 Å². The van der Waals surface area contributed by atoms with Crippen molar-refractivity contribution in [1.29, 1.82) is 0 Å². The van der Waals surface area contributed by atoms with Crippen LogP contribution in [0.2, 0.25) is 0 Å². The van der Waals surface area contributed by atoms with Crippen molar-refractivity contribution in [3.05, 3.63) is 35.6 Å². The zero-order chi connectivity index (χ0) is 22.6. The number of rotatable bonds is 4. The lowest BCUT2D eigenvalue weighted by atomic mass is 10.1. The normalized spacial score (nSPS) is 26.4. The van der Waals surface area contributed by atoms with Crippen LogP contribution in [-0.4, -0.2) is 84.6 Å². The Kier molecular flexibility index (Phi) is 7.50. The molecule has 4 rings (SSSR count). The topological polar surface area (TPSA) is 79.3 Å². The molecule has 0 aliphatic carbocycles. The van der Waals surface area contributed by atoms with Gasteiger partial charge in [0.15, 0.2) is 0 Å². The smallest absolute Gasteiger partial charge is 0.475 e. The van der Waals surface area contributed by atoms with Crippen LogP contribution in [0.5, 0.6) is 0 Å². The highest BCUT2D eigenvalue weighted by molar-refractivity contribution is 5.78. The Morgan fingerprint density at radius 2 is 2.00 bits per heavy atom. The fourth-order valence-corrected chi connectivity index (χ4v) is 4.02. The number of morpholine rings is 1. The summed E-state index contributed by atoms with van der Waals surface area (Å²) in [6, 6.07) is 6.53. The van der Waals surface area contributed by atoms with Crippen LogP contribution in [-0.2, 0) is 25.6 Å². The van der Waals surface area contributed by atoms with Crippen LogP contribution < -0.4 is 0 Å². The fourth-order valence-electron chi connectivity index (χ4n) is 4.02. The van der Waals surface area contributed by atoms with E-state index in [0.29, 0.717) is 12.5 Å². The van der Waals surface area contributed by atoms with E-state index in [1.807, 2.05) is 11.0 Å². The maximum absolute atomic E-state index is 13.4. The van der Waals surface area contributed by atoms with Crippen LogP contribution in [0.1, 0.15) is 12.0 Å². The first-order valence-electron chi connectivity index (χ1n) is 9.89. The SMILES string of the molecule is O=C(O)C(F)(F)F.O=C1CO[C@@H]2CN(CC3CCOC3)C[C@H]2N1Cc1cccc(F)c1. The molecule has 0 aromatic heterocycles. The van der Waals surface area contributed by atoms with E-state index < -0.39 is 12.1 Å². The predicted octanol–water partition coefficient (Wildman–Crippen LogP) is 1.91. The average molecular weight is 448 g/mol. The molecule has 0 spiro atoms. The second kappa shape index (κ2) is 9.92. The van der Waals surface area contributed by atoms with Gasteiger partial charge < -0.3 is 19.5 Å². The van der Waals surface area contributed by atoms with Gasteiger partial charge in [-0.3, -0.25) is 9.69 Å².